The van der Waals surface area contributed by atoms with Gasteiger partial charge in [0.2, 0.25) is 0 Å². The molecule has 19 heavy (non-hydrogen) atoms. The number of hydrogen-bond donors (Lipinski definition) is 0. The molecule has 0 amide bonds. The molecular formula is C14H14N2OSSe. The summed E-state index contributed by atoms with van der Waals surface area (Å²) in [5.74, 6) is 1.81. The molecular weight excluding hydrogens is 323 g/mol. The van der Waals surface area contributed by atoms with E-state index in [9.17, 15) is 0 Å². The molecule has 0 saturated carbocycles. The summed E-state index contributed by atoms with van der Waals surface area (Å²) in [6, 6.07) is 6.29. The maximum absolute atomic E-state index is 6.15. The molecule has 0 saturated heterocycles. The van der Waals surface area contributed by atoms with Gasteiger partial charge >= 0.3 is 123 Å². The van der Waals surface area contributed by atoms with E-state index < -0.39 is 0 Å². The molecule has 0 aliphatic carbocycles. The van der Waals surface area contributed by atoms with Crippen LogP contribution < -0.4 is 4.74 Å². The van der Waals surface area contributed by atoms with E-state index in [-0.39, 0.29) is 20.3 Å². The van der Waals surface area contributed by atoms with Crippen LogP contribution >= 0.6 is 11.8 Å². The second-order valence-corrected chi connectivity index (χ2v) is 7.50. The Morgan fingerprint density at radius 1 is 1.47 bits per heavy atom. The fraction of sp³-hybridized carbons (Fsp3) is 0.286. The number of fused-ring (bicyclic) bond motifs is 3. The van der Waals surface area contributed by atoms with Crippen LogP contribution in [0.2, 0.25) is 0 Å². The van der Waals surface area contributed by atoms with Crippen molar-refractivity contribution in [1.82, 2.24) is 9.19 Å². The summed E-state index contributed by atoms with van der Waals surface area (Å²) in [7, 11) is 0. The minimum atomic E-state index is -0.298. The molecule has 0 fully saturated rings. The van der Waals surface area contributed by atoms with E-state index in [0.717, 1.165) is 22.8 Å². The zero-order valence-electron chi connectivity index (χ0n) is 10.8. The normalized spacial score (nSPS) is 15.3. The fourth-order valence-corrected chi connectivity index (χ4v) is 4.25. The van der Waals surface area contributed by atoms with E-state index in [1.807, 2.05) is 6.08 Å². The van der Waals surface area contributed by atoms with Crippen molar-refractivity contribution in [3.05, 3.63) is 35.3 Å². The second kappa shape index (κ2) is 4.82. The molecule has 2 aromatic rings. The third kappa shape index (κ3) is 2.27. The molecule has 5 heteroatoms. The van der Waals surface area contributed by atoms with Crippen LogP contribution in [0.25, 0.3) is 11.3 Å². The van der Waals surface area contributed by atoms with Crippen molar-refractivity contribution in [2.45, 2.75) is 24.3 Å². The Hall–Kier alpha value is -1.03. The molecule has 0 spiro atoms. The van der Waals surface area contributed by atoms with E-state index in [2.05, 4.69) is 47.8 Å². The van der Waals surface area contributed by atoms with Gasteiger partial charge in [-0.2, -0.15) is 0 Å². The average Bonchev–Trinajstić information content (AvgIpc) is 2.86. The molecule has 3 nitrogen and oxygen atoms in total. The zero-order valence-corrected chi connectivity index (χ0v) is 13.4. The van der Waals surface area contributed by atoms with Gasteiger partial charge < -0.3 is 0 Å². The van der Waals surface area contributed by atoms with Crippen LogP contribution in [-0.2, 0) is 5.60 Å². The molecule has 0 bridgehead atoms. The first kappa shape index (κ1) is 13.0. The van der Waals surface area contributed by atoms with E-state index in [4.69, 9.17) is 4.74 Å². The third-order valence-corrected chi connectivity index (χ3v) is 6.13. The van der Waals surface area contributed by atoms with Gasteiger partial charge in [0, 0.05) is 0 Å². The van der Waals surface area contributed by atoms with Crippen molar-refractivity contribution in [3.63, 3.8) is 0 Å². The standard InChI is InChI=1S/C14H14N2OSSe/c1-4-7-18-9-5-6-10-11(8-9)17-14(2,3)13-12(10)15-16-19-13/h4-6,8H,1,7H2,2-3H3. The first-order valence-electron chi connectivity index (χ1n) is 6.02. The summed E-state index contributed by atoms with van der Waals surface area (Å²) in [6.07, 6.45) is 1.91. The molecule has 1 aliphatic heterocycles. The molecule has 0 radical (unpaired) electrons. The van der Waals surface area contributed by atoms with E-state index in [1.165, 1.54) is 9.33 Å². The molecule has 0 unspecified atom stereocenters. The van der Waals surface area contributed by atoms with Crippen molar-refractivity contribution in [3.8, 4) is 17.0 Å². The Bertz CT molecular complexity index is 636. The molecule has 0 atom stereocenters. The van der Waals surface area contributed by atoms with Crippen molar-refractivity contribution >= 4 is 26.5 Å². The Balaban J connectivity index is 2.06. The first-order valence-corrected chi connectivity index (χ1v) is 8.62. The molecule has 1 aromatic heterocycles. The van der Waals surface area contributed by atoms with Gasteiger partial charge in [0.25, 0.3) is 0 Å². The third-order valence-electron chi connectivity index (χ3n) is 2.98. The Morgan fingerprint density at radius 3 is 3.11 bits per heavy atom. The van der Waals surface area contributed by atoms with Gasteiger partial charge in [-0.3, -0.25) is 0 Å². The Kier molecular flexibility index (Phi) is 3.29. The summed E-state index contributed by atoms with van der Waals surface area (Å²) < 4.78 is 11.6. The average molecular weight is 337 g/mol. The van der Waals surface area contributed by atoms with Gasteiger partial charge in [-0.05, 0) is 0 Å². The van der Waals surface area contributed by atoms with Crippen LogP contribution in [0.1, 0.15) is 18.3 Å². The molecule has 98 valence electrons. The number of benzene rings is 1. The van der Waals surface area contributed by atoms with Gasteiger partial charge in [0.05, 0.1) is 0 Å². The maximum atomic E-state index is 6.15. The van der Waals surface area contributed by atoms with Crippen molar-refractivity contribution in [2.24, 2.45) is 0 Å². The van der Waals surface area contributed by atoms with Crippen LogP contribution in [0.15, 0.2) is 35.7 Å². The number of ether oxygens (including phenoxy) is 1. The molecule has 1 aliphatic rings. The fourth-order valence-electron chi connectivity index (χ4n) is 2.11. The van der Waals surface area contributed by atoms with E-state index in [1.54, 1.807) is 11.8 Å². The van der Waals surface area contributed by atoms with E-state index >= 15 is 0 Å². The van der Waals surface area contributed by atoms with Crippen LogP contribution in [0.5, 0.6) is 5.75 Å². The van der Waals surface area contributed by atoms with Crippen molar-refractivity contribution in [1.29, 1.82) is 0 Å². The Morgan fingerprint density at radius 2 is 2.32 bits per heavy atom. The van der Waals surface area contributed by atoms with Crippen molar-refractivity contribution in [2.75, 3.05) is 5.75 Å². The predicted octanol–water partition coefficient (Wildman–Crippen LogP) is 3.11. The van der Waals surface area contributed by atoms with Gasteiger partial charge in [0.15, 0.2) is 0 Å². The van der Waals surface area contributed by atoms with Crippen LogP contribution in [0.4, 0.5) is 0 Å². The second-order valence-electron chi connectivity index (χ2n) is 4.82. The number of hydrogen-bond acceptors (Lipinski definition) is 4. The minimum absolute atomic E-state index is 0.0762. The summed E-state index contributed by atoms with van der Waals surface area (Å²) in [5.41, 5.74) is 1.79. The molecule has 1 aromatic carbocycles. The molecule has 3 rings (SSSR count). The molecule has 0 N–H and O–H groups in total. The number of aromatic nitrogens is 2. The van der Waals surface area contributed by atoms with Crippen LogP contribution in [0, 0.1) is 0 Å². The Labute approximate surface area is 123 Å². The SMILES string of the molecule is C=CCSc1ccc2c(c1)OC(C)(C)c1[se]nnc1-2. The summed E-state index contributed by atoms with van der Waals surface area (Å²) >= 11 is 1.83. The summed E-state index contributed by atoms with van der Waals surface area (Å²) in [4.78, 5) is 1.19. The zero-order chi connectivity index (χ0) is 13.5. The molecule has 2 heterocycles. The number of nitrogens with zero attached hydrogens (tertiary/aromatic N) is 2. The topological polar surface area (TPSA) is 35.0 Å². The van der Waals surface area contributed by atoms with Crippen LogP contribution in [0.3, 0.4) is 0 Å². The van der Waals surface area contributed by atoms with Crippen molar-refractivity contribution < 1.29 is 4.74 Å². The first-order chi connectivity index (χ1) is 9.12. The predicted molar refractivity (Wildman–Crippen MR) is 79.0 cm³/mol. The van der Waals surface area contributed by atoms with Gasteiger partial charge in [-0.25, -0.2) is 0 Å². The summed E-state index contributed by atoms with van der Waals surface area (Å²) in [5, 5.41) is 4.32. The van der Waals surface area contributed by atoms with Crippen LogP contribution in [-0.4, -0.2) is 29.7 Å². The van der Waals surface area contributed by atoms with E-state index in [0.29, 0.717) is 0 Å². The van der Waals surface area contributed by atoms with Gasteiger partial charge in [-0.15, -0.1) is 0 Å². The van der Waals surface area contributed by atoms with Gasteiger partial charge in [0.1, 0.15) is 0 Å². The monoisotopic (exact) mass is 338 g/mol. The quantitative estimate of drug-likeness (QED) is 0.490. The van der Waals surface area contributed by atoms with Gasteiger partial charge in [-0.1, -0.05) is 0 Å². The summed E-state index contributed by atoms with van der Waals surface area (Å²) in [6.45, 7) is 7.93. The number of rotatable bonds is 3. The number of thioether (sulfide) groups is 1.